The Kier molecular flexibility index (Phi) is 12.3. The van der Waals surface area contributed by atoms with E-state index in [1.165, 1.54) is 0 Å². The first-order valence-corrected chi connectivity index (χ1v) is 7.49. The van der Waals surface area contributed by atoms with E-state index in [2.05, 4.69) is 0 Å². The predicted octanol–water partition coefficient (Wildman–Crippen LogP) is -0.831. The van der Waals surface area contributed by atoms with E-state index in [9.17, 15) is 9.59 Å². The molecule has 1 fully saturated rings. The summed E-state index contributed by atoms with van der Waals surface area (Å²) in [5.41, 5.74) is 0. The van der Waals surface area contributed by atoms with Crippen molar-refractivity contribution in [3.05, 3.63) is 0 Å². The van der Waals surface area contributed by atoms with Gasteiger partial charge in [0.15, 0.2) is 0 Å². The van der Waals surface area contributed by atoms with E-state index in [-0.39, 0.29) is 39.6 Å². The maximum atomic E-state index is 11.3. The number of ether oxygens (including phenoxy) is 7. The molecular formula is C14H24O9. The molecule has 0 aromatic carbocycles. The molecule has 1 saturated heterocycles. The Morgan fingerprint density at radius 1 is 0.435 bits per heavy atom. The van der Waals surface area contributed by atoms with Crippen LogP contribution in [0.25, 0.3) is 0 Å². The molecule has 23 heavy (non-hydrogen) atoms. The first-order valence-electron chi connectivity index (χ1n) is 7.49. The number of hydrogen-bond acceptors (Lipinski definition) is 9. The molecule has 0 saturated carbocycles. The van der Waals surface area contributed by atoms with Gasteiger partial charge in [0.1, 0.15) is 26.4 Å². The Hall–Kier alpha value is -1.26. The highest BCUT2D eigenvalue weighted by Crippen LogP contribution is 1.88. The Balaban J connectivity index is 2.18. The van der Waals surface area contributed by atoms with Crippen LogP contribution < -0.4 is 0 Å². The molecule has 0 atom stereocenters. The van der Waals surface area contributed by atoms with Crippen LogP contribution >= 0.6 is 0 Å². The zero-order chi connectivity index (χ0) is 16.6. The van der Waals surface area contributed by atoms with Crippen molar-refractivity contribution in [2.45, 2.75) is 0 Å². The minimum absolute atomic E-state index is 0.160. The van der Waals surface area contributed by atoms with Gasteiger partial charge in [0.25, 0.3) is 0 Å². The third-order valence-corrected chi connectivity index (χ3v) is 2.54. The molecule has 1 heterocycles. The van der Waals surface area contributed by atoms with Crippen molar-refractivity contribution in [3.63, 3.8) is 0 Å². The van der Waals surface area contributed by atoms with Crippen molar-refractivity contribution in [1.82, 2.24) is 0 Å². The molecule has 0 amide bonds. The number of hydrogen-bond donors (Lipinski definition) is 0. The molecule has 134 valence electrons. The van der Waals surface area contributed by atoms with E-state index in [1.807, 2.05) is 0 Å². The molecule has 9 nitrogen and oxygen atoms in total. The fraction of sp³-hybridized carbons (Fsp3) is 0.857. The molecule has 0 aromatic rings. The minimum atomic E-state index is -0.479. The number of carbonyl (C=O) groups is 2. The quantitative estimate of drug-likeness (QED) is 0.525. The average molecular weight is 336 g/mol. The van der Waals surface area contributed by atoms with E-state index < -0.39 is 11.9 Å². The molecule has 0 unspecified atom stereocenters. The van der Waals surface area contributed by atoms with Gasteiger partial charge in [0, 0.05) is 0 Å². The Morgan fingerprint density at radius 2 is 0.739 bits per heavy atom. The highest BCUT2D eigenvalue weighted by Gasteiger charge is 2.05. The molecule has 1 rings (SSSR count). The van der Waals surface area contributed by atoms with Crippen molar-refractivity contribution in [2.75, 3.05) is 79.3 Å². The highest BCUT2D eigenvalue weighted by atomic mass is 16.6. The van der Waals surface area contributed by atoms with E-state index in [0.717, 1.165) is 0 Å². The second kappa shape index (κ2) is 14.3. The van der Waals surface area contributed by atoms with E-state index in [0.29, 0.717) is 39.6 Å². The van der Waals surface area contributed by atoms with Crippen LogP contribution in [0, 0.1) is 0 Å². The predicted molar refractivity (Wildman–Crippen MR) is 76.0 cm³/mol. The molecule has 0 spiro atoms. The number of rotatable bonds is 0. The maximum absolute atomic E-state index is 11.3. The first kappa shape index (κ1) is 19.8. The molecule has 0 bridgehead atoms. The molecule has 0 aliphatic carbocycles. The summed E-state index contributed by atoms with van der Waals surface area (Å²) in [5, 5.41) is 0. The number of carbonyl (C=O) groups excluding carboxylic acids is 2. The Morgan fingerprint density at radius 3 is 1.13 bits per heavy atom. The largest absolute Gasteiger partial charge is 0.462 e. The van der Waals surface area contributed by atoms with Gasteiger partial charge in [-0.25, -0.2) is 9.59 Å². The summed E-state index contributed by atoms with van der Waals surface area (Å²) in [5.74, 6) is -0.959. The zero-order valence-corrected chi connectivity index (χ0v) is 13.2. The fourth-order valence-corrected chi connectivity index (χ4v) is 1.48. The smallest absolute Gasteiger partial charge is 0.332 e. The average Bonchev–Trinajstić information content (AvgIpc) is 2.54. The normalized spacial score (nSPS) is 22.4. The van der Waals surface area contributed by atoms with Gasteiger partial charge in [-0.1, -0.05) is 0 Å². The van der Waals surface area contributed by atoms with Gasteiger partial charge < -0.3 is 33.2 Å². The maximum Gasteiger partial charge on any atom is 0.332 e. The SMILES string of the molecule is O=C1COCCOCC(=O)OCCOCCOCCOCCO1. The monoisotopic (exact) mass is 336 g/mol. The summed E-state index contributed by atoms with van der Waals surface area (Å²) < 4.78 is 35.6. The van der Waals surface area contributed by atoms with Gasteiger partial charge >= 0.3 is 11.9 Å². The summed E-state index contributed by atoms with van der Waals surface area (Å²) >= 11 is 0. The lowest BCUT2D eigenvalue weighted by Crippen LogP contribution is -2.19. The van der Waals surface area contributed by atoms with Crippen molar-refractivity contribution >= 4 is 11.9 Å². The summed E-state index contributed by atoms with van der Waals surface area (Å²) in [6.07, 6.45) is 0. The number of esters is 2. The summed E-state index contributed by atoms with van der Waals surface area (Å²) in [6.45, 7) is 2.59. The van der Waals surface area contributed by atoms with E-state index in [1.54, 1.807) is 0 Å². The standard InChI is InChI=1S/C14H24O9/c15-13-11-20-5-6-21-12-14(16)23-10-8-19-4-2-17-1-3-18-7-9-22-13/h1-12H2. The second-order valence-corrected chi connectivity index (χ2v) is 4.38. The van der Waals surface area contributed by atoms with Crippen LogP contribution in [0.1, 0.15) is 0 Å². The van der Waals surface area contributed by atoms with E-state index in [4.69, 9.17) is 33.2 Å². The van der Waals surface area contributed by atoms with Crippen LogP contribution in [0.3, 0.4) is 0 Å². The van der Waals surface area contributed by atoms with Gasteiger partial charge in [-0.3, -0.25) is 0 Å². The number of cyclic esters (lactones) is 2. The molecule has 1 aliphatic rings. The van der Waals surface area contributed by atoms with Crippen LogP contribution in [-0.4, -0.2) is 91.2 Å². The molecule has 0 N–H and O–H groups in total. The van der Waals surface area contributed by atoms with Crippen molar-refractivity contribution in [2.24, 2.45) is 0 Å². The van der Waals surface area contributed by atoms with Crippen LogP contribution in [0.5, 0.6) is 0 Å². The summed E-state index contributed by atoms with van der Waals surface area (Å²) in [4.78, 5) is 22.6. The fourth-order valence-electron chi connectivity index (χ4n) is 1.48. The van der Waals surface area contributed by atoms with Crippen LogP contribution in [0.2, 0.25) is 0 Å². The third-order valence-electron chi connectivity index (χ3n) is 2.54. The van der Waals surface area contributed by atoms with E-state index >= 15 is 0 Å². The molecular weight excluding hydrogens is 312 g/mol. The van der Waals surface area contributed by atoms with Gasteiger partial charge in [-0.15, -0.1) is 0 Å². The highest BCUT2D eigenvalue weighted by molar-refractivity contribution is 5.71. The summed E-state index contributed by atoms with van der Waals surface area (Å²) in [7, 11) is 0. The van der Waals surface area contributed by atoms with Crippen LogP contribution in [0.15, 0.2) is 0 Å². The molecule has 0 aromatic heterocycles. The topological polar surface area (TPSA) is 98.8 Å². The lowest BCUT2D eigenvalue weighted by Gasteiger charge is -2.07. The molecule has 1 aliphatic heterocycles. The second-order valence-electron chi connectivity index (χ2n) is 4.38. The van der Waals surface area contributed by atoms with Gasteiger partial charge in [0.05, 0.1) is 52.9 Å². The van der Waals surface area contributed by atoms with Crippen LogP contribution in [0.4, 0.5) is 0 Å². The van der Waals surface area contributed by atoms with Crippen molar-refractivity contribution < 1.29 is 42.7 Å². The van der Waals surface area contributed by atoms with Crippen molar-refractivity contribution in [1.29, 1.82) is 0 Å². The zero-order valence-electron chi connectivity index (χ0n) is 13.2. The van der Waals surface area contributed by atoms with Gasteiger partial charge in [-0.05, 0) is 0 Å². The lowest BCUT2D eigenvalue weighted by molar-refractivity contribution is -0.154. The Labute approximate surface area is 135 Å². The van der Waals surface area contributed by atoms with Gasteiger partial charge in [0.2, 0.25) is 0 Å². The first-order chi connectivity index (χ1) is 11.3. The Bertz CT molecular complexity index is 291. The third kappa shape index (κ3) is 12.9. The minimum Gasteiger partial charge on any atom is -0.462 e. The van der Waals surface area contributed by atoms with Crippen LogP contribution in [-0.2, 0) is 42.7 Å². The lowest BCUT2D eigenvalue weighted by atomic mass is 10.6. The molecule has 0 radical (unpaired) electrons. The summed E-state index contributed by atoms with van der Waals surface area (Å²) in [6, 6.07) is 0. The van der Waals surface area contributed by atoms with Gasteiger partial charge in [-0.2, -0.15) is 0 Å². The van der Waals surface area contributed by atoms with Crippen molar-refractivity contribution in [3.8, 4) is 0 Å². The molecule has 9 heteroatoms.